The number of aliphatic carboxylic acids is 2. The van der Waals surface area contributed by atoms with Crippen LogP contribution in [0.1, 0.15) is 95.6 Å². The summed E-state index contributed by atoms with van der Waals surface area (Å²) in [6.45, 7) is 22.0. The molecule has 0 bridgehead atoms. The fourth-order valence-corrected chi connectivity index (χ4v) is 5.77. The number of rotatable bonds is 20. The number of benzene rings is 1. The molecule has 0 heterocycles. The van der Waals surface area contributed by atoms with Crippen LogP contribution in [0.3, 0.4) is 0 Å². The molecule has 1 aromatic carbocycles. The molecule has 0 aliphatic rings. The number of hydrogen-bond donors (Lipinski definition) is 2. The third kappa shape index (κ3) is 20.3. The van der Waals surface area contributed by atoms with E-state index in [2.05, 4.69) is 0 Å². The highest BCUT2D eigenvalue weighted by atomic mass is 16.6. The monoisotopic (exact) mass is 751 g/mol. The number of esters is 3. The van der Waals surface area contributed by atoms with Gasteiger partial charge in [0.1, 0.15) is 28.6 Å². The van der Waals surface area contributed by atoms with Crippen LogP contribution in [0.5, 0.6) is 5.75 Å². The zero-order valence-corrected chi connectivity index (χ0v) is 34.2. The maximum Gasteiger partial charge on any atom is 0.321 e. The molecule has 0 radical (unpaired) electrons. The Balaban J connectivity index is 3.79. The minimum atomic E-state index is -1.20. The average molecular weight is 752 g/mol. The molecular weight excluding hydrogens is 686 g/mol. The molecule has 0 saturated heterocycles. The van der Waals surface area contributed by atoms with Crippen molar-refractivity contribution in [3.8, 4) is 5.75 Å². The van der Waals surface area contributed by atoms with E-state index < -0.39 is 70.7 Å². The fourth-order valence-electron chi connectivity index (χ4n) is 5.77. The number of carbonyl (C=O) groups excluding carboxylic acids is 3. The van der Waals surface area contributed by atoms with Crippen LogP contribution in [0, 0.1) is 5.41 Å². The predicted octanol–water partition coefficient (Wildman–Crippen LogP) is 4.51. The van der Waals surface area contributed by atoms with Crippen LogP contribution < -0.4 is 4.74 Å². The summed E-state index contributed by atoms with van der Waals surface area (Å²) >= 11 is 0. The van der Waals surface area contributed by atoms with E-state index in [1.54, 1.807) is 92.9 Å². The van der Waals surface area contributed by atoms with Gasteiger partial charge >= 0.3 is 29.8 Å². The summed E-state index contributed by atoms with van der Waals surface area (Å²) in [7, 11) is 0. The lowest BCUT2D eigenvalue weighted by atomic mass is 9.85. The SMILES string of the molecule is CCOc1ccc(CC(CN(CCN(CC(=O)O)C(C(=O)O)C(C)(C)C)CC(=O)OC(C)(C)C)N(CC(=O)OC(C)(C)C)CC(=O)OC(C)(C)C)cc1. The average Bonchev–Trinajstić information content (AvgIpc) is 2.91. The quantitative estimate of drug-likeness (QED) is 0.141. The lowest BCUT2D eigenvalue weighted by Gasteiger charge is -2.39. The van der Waals surface area contributed by atoms with Crippen molar-refractivity contribution in [3.63, 3.8) is 0 Å². The number of hydrogen-bond acceptors (Lipinski definition) is 12. The van der Waals surface area contributed by atoms with Crippen LogP contribution in [0.15, 0.2) is 24.3 Å². The van der Waals surface area contributed by atoms with Gasteiger partial charge in [0.05, 0.1) is 32.8 Å². The lowest BCUT2D eigenvalue weighted by Crippen LogP contribution is -2.55. The normalized spacial score (nSPS) is 13.8. The van der Waals surface area contributed by atoms with Gasteiger partial charge in [-0.15, -0.1) is 0 Å². The Labute approximate surface area is 316 Å². The second-order valence-corrected chi connectivity index (χ2v) is 17.3. The van der Waals surface area contributed by atoms with Gasteiger partial charge in [0, 0.05) is 25.7 Å². The van der Waals surface area contributed by atoms with Crippen LogP contribution in [-0.4, -0.2) is 136 Å². The first-order valence-corrected chi connectivity index (χ1v) is 18.1. The second kappa shape index (κ2) is 20.1. The van der Waals surface area contributed by atoms with Gasteiger partial charge in [-0.3, -0.25) is 38.7 Å². The lowest BCUT2D eigenvalue weighted by molar-refractivity contribution is -0.162. The Kier molecular flexibility index (Phi) is 17.9. The second-order valence-electron chi connectivity index (χ2n) is 17.3. The molecule has 0 aromatic heterocycles. The molecule has 53 heavy (non-hydrogen) atoms. The third-order valence-corrected chi connectivity index (χ3v) is 7.43. The molecule has 0 amide bonds. The Morgan fingerprint density at radius 3 is 1.47 bits per heavy atom. The zero-order valence-electron chi connectivity index (χ0n) is 34.2. The van der Waals surface area contributed by atoms with Crippen molar-refractivity contribution in [2.75, 3.05) is 52.4 Å². The van der Waals surface area contributed by atoms with E-state index in [9.17, 15) is 34.2 Å². The number of ether oxygens (including phenoxy) is 4. The molecule has 2 N–H and O–H groups in total. The van der Waals surface area contributed by atoms with E-state index >= 15 is 0 Å². The van der Waals surface area contributed by atoms with Gasteiger partial charge < -0.3 is 29.2 Å². The fraction of sp³-hybridized carbons (Fsp3) is 0.718. The number of nitrogens with zero attached hydrogens (tertiary/aromatic N) is 3. The van der Waals surface area contributed by atoms with Crippen molar-refractivity contribution in [3.05, 3.63) is 29.8 Å². The summed E-state index contributed by atoms with van der Waals surface area (Å²) < 4.78 is 22.6. The molecule has 14 nitrogen and oxygen atoms in total. The van der Waals surface area contributed by atoms with E-state index in [-0.39, 0.29) is 39.3 Å². The van der Waals surface area contributed by atoms with Crippen molar-refractivity contribution in [1.82, 2.24) is 14.7 Å². The minimum Gasteiger partial charge on any atom is -0.494 e. The van der Waals surface area contributed by atoms with Crippen LogP contribution in [0.25, 0.3) is 0 Å². The standard InChI is InChI=1S/C39H65N3O11/c1-14-50-29-17-15-27(16-18-29)21-28(42(25-32(46)52-38(8,9)10)26-33(47)53-39(11,12)13)22-40(24-31(45)51-37(5,6)7)19-20-41(23-30(43)44)34(35(48)49)36(2,3)4/h15-18,28,34H,14,19-26H2,1-13H3,(H,43,44)(H,48,49). The third-order valence-electron chi connectivity index (χ3n) is 7.43. The van der Waals surface area contributed by atoms with Crippen LogP contribution in [-0.2, 0) is 44.6 Å². The highest BCUT2D eigenvalue weighted by molar-refractivity contribution is 5.77. The maximum absolute atomic E-state index is 13.3. The van der Waals surface area contributed by atoms with Crippen LogP contribution >= 0.6 is 0 Å². The van der Waals surface area contributed by atoms with Crippen molar-refractivity contribution in [2.24, 2.45) is 5.41 Å². The Morgan fingerprint density at radius 2 is 1.09 bits per heavy atom. The molecule has 0 saturated carbocycles. The molecule has 1 rings (SSSR count). The first-order valence-electron chi connectivity index (χ1n) is 18.1. The van der Waals surface area contributed by atoms with Crippen LogP contribution in [0.4, 0.5) is 0 Å². The maximum atomic E-state index is 13.3. The highest BCUT2D eigenvalue weighted by Gasteiger charge is 2.38. The molecule has 1 aromatic rings. The van der Waals surface area contributed by atoms with E-state index in [0.29, 0.717) is 18.8 Å². The van der Waals surface area contributed by atoms with Crippen LogP contribution in [0.2, 0.25) is 0 Å². The number of carboxylic acid groups (broad SMARTS) is 2. The molecule has 0 spiro atoms. The van der Waals surface area contributed by atoms with Gasteiger partial charge in [0.2, 0.25) is 0 Å². The van der Waals surface area contributed by atoms with Gasteiger partial charge in [-0.1, -0.05) is 32.9 Å². The first-order chi connectivity index (χ1) is 24.1. The Hall–Kier alpha value is -3.75. The van der Waals surface area contributed by atoms with Gasteiger partial charge in [-0.2, -0.15) is 0 Å². The molecule has 0 fully saturated rings. The number of carboxylic acids is 2. The van der Waals surface area contributed by atoms with Crippen molar-refractivity contribution < 1.29 is 53.1 Å². The minimum absolute atomic E-state index is 0.0305. The zero-order chi connectivity index (χ0) is 40.9. The van der Waals surface area contributed by atoms with E-state index in [1.807, 2.05) is 31.2 Å². The number of carbonyl (C=O) groups is 5. The van der Waals surface area contributed by atoms with E-state index in [1.165, 1.54) is 4.90 Å². The van der Waals surface area contributed by atoms with Gasteiger partial charge in [0.25, 0.3) is 0 Å². The van der Waals surface area contributed by atoms with Gasteiger partial charge in [0.15, 0.2) is 0 Å². The Bertz CT molecular complexity index is 1320. The Morgan fingerprint density at radius 1 is 0.642 bits per heavy atom. The molecule has 2 atom stereocenters. The molecule has 0 aliphatic heterocycles. The highest BCUT2D eigenvalue weighted by Crippen LogP contribution is 2.25. The van der Waals surface area contributed by atoms with Crippen molar-refractivity contribution in [1.29, 1.82) is 0 Å². The molecule has 14 heteroatoms. The van der Waals surface area contributed by atoms with Crippen molar-refractivity contribution in [2.45, 2.75) is 125 Å². The van der Waals surface area contributed by atoms with Crippen molar-refractivity contribution >= 4 is 29.8 Å². The van der Waals surface area contributed by atoms with Gasteiger partial charge in [-0.05, 0) is 98.8 Å². The topological polar surface area (TPSA) is 172 Å². The summed E-state index contributed by atoms with van der Waals surface area (Å²) in [6.07, 6.45) is 0.307. The molecule has 302 valence electrons. The largest absolute Gasteiger partial charge is 0.494 e. The smallest absolute Gasteiger partial charge is 0.321 e. The molecule has 0 aliphatic carbocycles. The summed E-state index contributed by atoms with van der Waals surface area (Å²) in [5.74, 6) is -3.40. The van der Waals surface area contributed by atoms with Gasteiger partial charge in [-0.25, -0.2) is 0 Å². The van der Waals surface area contributed by atoms with E-state index in [4.69, 9.17) is 18.9 Å². The first kappa shape index (κ1) is 47.3. The summed E-state index contributed by atoms with van der Waals surface area (Å²) in [4.78, 5) is 69.2. The predicted molar refractivity (Wildman–Crippen MR) is 201 cm³/mol. The summed E-state index contributed by atoms with van der Waals surface area (Å²) in [6, 6.07) is 5.64. The van der Waals surface area contributed by atoms with E-state index in [0.717, 1.165) is 5.56 Å². The molecular formula is C39H65N3O11. The molecule has 2 unspecified atom stereocenters. The summed E-state index contributed by atoms with van der Waals surface area (Å²) in [5, 5.41) is 19.9. The summed E-state index contributed by atoms with van der Waals surface area (Å²) in [5.41, 5.74) is -2.39.